The number of benzene rings is 1. The molecule has 6 heteroatoms. The van der Waals surface area contributed by atoms with Crippen LogP contribution in [0.2, 0.25) is 0 Å². The lowest BCUT2D eigenvalue weighted by atomic mass is 10.3. The van der Waals surface area contributed by atoms with Crippen molar-refractivity contribution in [3.05, 3.63) is 24.0 Å². The van der Waals surface area contributed by atoms with Gasteiger partial charge in [0.25, 0.3) is 0 Å². The fourth-order valence-electron chi connectivity index (χ4n) is 1.95. The third-order valence-corrected chi connectivity index (χ3v) is 3.89. The molecule has 0 bridgehead atoms. The van der Waals surface area contributed by atoms with Crippen LogP contribution >= 0.6 is 11.8 Å². The van der Waals surface area contributed by atoms with Gasteiger partial charge >= 0.3 is 6.03 Å². The first-order valence-corrected chi connectivity index (χ1v) is 7.66. The van der Waals surface area contributed by atoms with E-state index in [0.29, 0.717) is 23.5 Å². The fourth-order valence-corrected chi connectivity index (χ4v) is 2.40. The molecule has 1 aliphatic carbocycles. The van der Waals surface area contributed by atoms with Gasteiger partial charge in [-0.15, -0.1) is 11.8 Å². The number of thioether (sulfide) groups is 1. The standard InChI is InChI=1S/C14H16FN3OS/c1-20-13-6-3-10(9-12(13)15)17-14(19)18(8-2-7-16)11-4-5-11/h3,6,9,11H,2,4-5,8H2,1H3,(H,17,19). The second-order valence-electron chi connectivity index (χ2n) is 4.61. The van der Waals surface area contributed by atoms with Crippen molar-refractivity contribution in [3.8, 4) is 6.07 Å². The van der Waals surface area contributed by atoms with Gasteiger partial charge in [-0.25, -0.2) is 9.18 Å². The summed E-state index contributed by atoms with van der Waals surface area (Å²) in [5.74, 6) is -0.342. The summed E-state index contributed by atoms with van der Waals surface area (Å²) < 4.78 is 13.6. The van der Waals surface area contributed by atoms with Gasteiger partial charge < -0.3 is 10.2 Å². The van der Waals surface area contributed by atoms with Gasteiger partial charge in [-0.3, -0.25) is 0 Å². The van der Waals surface area contributed by atoms with E-state index in [0.717, 1.165) is 12.8 Å². The van der Waals surface area contributed by atoms with Crippen LogP contribution in [0.3, 0.4) is 0 Å². The predicted molar refractivity (Wildman–Crippen MR) is 77.2 cm³/mol. The minimum Gasteiger partial charge on any atom is -0.321 e. The molecule has 1 aromatic rings. The van der Waals surface area contributed by atoms with Crippen molar-refractivity contribution < 1.29 is 9.18 Å². The molecule has 20 heavy (non-hydrogen) atoms. The number of carbonyl (C=O) groups excluding carboxylic acids is 1. The third kappa shape index (κ3) is 3.64. The zero-order valence-corrected chi connectivity index (χ0v) is 12.0. The average Bonchev–Trinajstić information content (AvgIpc) is 3.24. The molecule has 0 saturated heterocycles. The number of amides is 2. The van der Waals surface area contributed by atoms with Crippen molar-refractivity contribution in [1.82, 2.24) is 4.90 Å². The van der Waals surface area contributed by atoms with Crippen LogP contribution in [-0.4, -0.2) is 29.8 Å². The SMILES string of the molecule is CSc1ccc(NC(=O)N(CCC#N)C2CC2)cc1F. The van der Waals surface area contributed by atoms with E-state index >= 15 is 0 Å². The van der Waals surface area contributed by atoms with Gasteiger partial charge in [0.2, 0.25) is 0 Å². The van der Waals surface area contributed by atoms with E-state index in [1.54, 1.807) is 23.3 Å². The summed E-state index contributed by atoms with van der Waals surface area (Å²) in [6.07, 6.45) is 4.05. The third-order valence-electron chi connectivity index (χ3n) is 3.12. The van der Waals surface area contributed by atoms with E-state index in [1.807, 2.05) is 6.07 Å². The molecular weight excluding hydrogens is 277 g/mol. The fraction of sp³-hybridized carbons (Fsp3) is 0.429. The molecule has 1 aromatic carbocycles. The van der Waals surface area contributed by atoms with Crippen LogP contribution in [-0.2, 0) is 0 Å². The Hall–Kier alpha value is -1.74. The number of rotatable bonds is 5. The summed E-state index contributed by atoms with van der Waals surface area (Å²) in [4.78, 5) is 14.3. The van der Waals surface area contributed by atoms with Gasteiger partial charge in [0.05, 0.1) is 12.5 Å². The van der Waals surface area contributed by atoms with Crippen molar-refractivity contribution in [3.63, 3.8) is 0 Å². The first kappa shape index (κ1) is 14.7. The maximum absolute atomic E-state index is 13.6. The molecule has 0 unspecified atom stereocenters. The van der Waals surface area contributed by atoms with Crippen LogP contribution < -0.4 is 5.32 Å². The van der Waals surface area contributed by atoms with Gasteiger partial charge in [-0.05, 0) is 37.3 Å². The van der Waals surface area contributed by atoms with Crippen LogP contribution in [0.15, 0.2) is 23.1 Å². The Labute approximate surface area is 121 Å². The van der Waals surface area contributed by atoms with E-state index < -0.39 is 0 Å². The highest BCUT2D eigenvalue weighted by molar-refractivity contribution is 7.98. The number of carbonyl (C=O) groups is 1. The highest BCUT2D eigenvalue weighted by Crippen LogP contribution is 2.28. The zero-order valence-electron chi connectivity index (χ0n) is 11.2. The molecule has 1 aliphatic rings. The molecule has 2 rings (SSSR count). The van der Waals surface area contributed by atoms with Gasteiger partial charge in [-0.2, -0.15) is 5.26 Å². The molecule has 1 saturated carbocycles. The molecule has 1 N–H and O–H groups in total. The highest BCUT2D eigenvalue weighted by atomic mass is 32.2. The quantitative estimate of drug-likeness (QED) is 0.846. The van der Waals surface area contributed by atoms with Gasteiger partial charge in [0.1, 0.15) is 5.82 Å². The van der Waals surface area contributed by atoms with E-state index in [4.69, 9.17) is 5.26 Å². The number of hydrogen-bond acceptors (Lipinski definition) is 3. The average molecular weight is 293 g/mol. The Balaban J connectivity index is 2.02. The molecule has 0 atom stereocenters. The number of nitrogens with zero attached hydrogens (tertiary/aromatic N) is 2. The summed E-state index contributed by atoms with van der Waals surface area (Å²) in [5, 5.41) is 11.3. The molecule has 0 spiro atoms. The minimum atomic E-state index is -0.342. The van der Waals surface area contributed by atoms with E-state index in [-0.39, 0.29) is 17.9 Å². The second kappa shape index (κ2) is 6.62. The van der Waals surface area contributed by atoms with Gasteiger partial charge in [0, 0.05) is 23.2 Å². The van der Waals surface area contributed by atoms with Crippen LogP contribution in [0, 0.1) is 17.1 Å². The number of nitrogens with one attached hydrogen (secondary N) is 1. The summed E-state index contributed by atoms with van der Waals surface area (Å²) in [6, 6.07) is 6.64. The first-order valence-electron chi connectivity index (χ1n) is 6.44. The Morgan fingerprint density at radius 3 is 2.90 bits per heavy atom. The molecule has 0 heterocycles. The van der Waals surface area contributed by atoms with Crippen molar-refractivity contribution in [2.75, 3.05) is 18.1 Å². The molecule has 0 radical (unpaired) electrons. The molecule has 1 fully saturated rings. The number of nitriles is 1. The lowest BCUT2D eigenvalue weighted by molar-refractivity contribution is 0.210. The summed E-state index contributed by atoms with van der Waals surface area (Å²) in [6.45, 7) is 0.415. The smallest absolute Gasteiger partial charge is 0.321 e. The van der Waals surface area contributed by atoms with Crippen molar-refractivity contribution in [1.29, 1.82) is 5.26 Å². The first-order chi connectivity index (χ1) is 9.65. The molecule has 0 aromatic heterocycles. The van der Waals surface area contributed by atoms with Crippen LogP contribution in [0.1, 0.15) is 19.3 Å². The van der Waals surface area contributed by atoms with Gasteiger partial charge in [0.15, 0.2) is 0 Å². The molecule has 0 aliphatic heterocycles. The zero-order chi connectivity index (χ0) is 14.5. The largest absolute Gasteiger partial charge is 0.322 e. The number of urea groups is 1. The Morgan fingerprint density at radius 2 is 2.35 bits per heavy atom. The maximum Gasteiger partial charge on any atom is 0.322 e. The molecule has 106 valence electrons. The number of anilines is 1. The summed E-state index contributed by atoms with van der Waals surface area (Å²) in [7, 11) is 0. The summed E-state index contributed by atoms with van der Waals surface area (Å²) >= 11 is 1.32. The van der Waals surface area contributed by atoms with E-state index in [1.165, 1.54) is 17.8 Å². The van der Waals surface area contributed by atoms with Crippen LogP contribution in [0.4, 0.5) is 14.9 Å². The molecule has 2 amide bonds. The highest BCUT2D eigenvalue weighted by Gasteiger charge is 2.32. The maximum atomic E-state index is 13.6. The van der Waals surface area contributed by atoms with Crippen molar-refractivity contribution in [2.24, 2.45) is 0 Å². The van der Waals surface area contributed by atoms with Crippen LogP contribution in [0.25, 0.3) is 0 Å². The monoisotopic (exact) mass is 293 g/mol. The van der Waals surface area contributed by atoms with Crippen molar-refractivity contribution in [2.45, 2.75) is 30.2 Å². The number of hydrogen-bond donors (Lipinski definition) is 1. The number of halogens is 1. The normalized spacial score (nSPS) is 13.7. The van der Waals surface area contributed by atoms with Gasteiger partial charge in [-0.1, -0.05) is 0 Å². The predicted octanol–water partition coefficient (Wildman–Crippen LogP) is 3.46. The Kier molecular flexibility index (Phi) is 4.85. The molecular formula is C14H16FN3OS. The topological polar surface area (TPSA) is 56.1 Å². The Morgan fingerprint density at radius 1 is 1.60 bits per heavy atom. The minimum absolute atomic E-state index is 0.221. The molecule has 4 nitrogen and oxygen atoms in total. The lowest BCUT2D eigenvalue weighted by Crippen LogP contribution is -2.37. The lowest BCUT2D eigenvalue weighted by Gasteiger charge is -2.21. The Bertz CT molecular complexity index is 540. The van der Waals surface area contributed by atoms with Crippen molar-refractivity contribution >= 4 is 23.5 Å². The van der Waals surface area contributed by atoms with E-state index in [2.05, 4.69) is 5.32 Å². The van der Waals surface area contributed by atoms with Crippen LogP contribution in [0.5, 0.6) is 0 Å². The second-order valence-corrected chi connectivity index (χ2v) is 5.46. The van der Waals surface area contributed by atoms with E-state index in [9.17, 15) is 9.18 Å². The summed E-state index contributed by atoms with van der Waals surface area (Å²) in [5.41, 5.74) is 0.438.